The van der Waals surface area contributed by atoms with E-state index in [4.69, 9.17) is 16.3 Å². The summed E-state index contributed by atoms with van der Waals surface area (Å²) in [4.78, 5) is 25.8. The highest BCUT2D eigenvalue weighted by Crippen LogP contribution is 2.45. The quantitative estimate of drug-likeness (QED) is 0.176. The number of rotatable bonds is 12. The Kier molecular flexibility index (Phi) is 10.5. The van der Waals surface area contributed by atoms with E-state index in [2.05, 4.69) is 0 Å². The first kappa shape index (κ1) is 29.6. The number of Topliss-reactive ketones (excluding diaryl/α,β-unsaturated/α-hetero) is 1. The van der Waals surface area contributed by atoms with Gasteiger partial charge in [-0.25, -0.2) is 0 Å². The second kappa shape index (κ2) is 13.2. The summed E-state index contributed by atoms with van der Waals surface area (Å²) in [6, 6.07) is 8.00. The van der Waals surface area contributed by atoms with E-state index in [1.54, 1.807) is 31.3 Å². The van der Waals surface area contributed by atoms with E-state index < -0.39 is 17.6 Å². The van der Waals surface area contributed by atoms with Crippen LogP contribution in [0.15, 0.2) is 48.6 Å². The number of fused-ring (bicyclic) bond motifs is 1. The first-order valence-electron chi connectivity index (χ1n) is 13.1. The minimum Gasteiger partial charge on any atom is -0.463 e. The Labute approximate surface area is 229 Å². The molecule has 0 unspecified atom stereocenters. The van der Waals surface area contributed by atoms with Gasteiger partial charge in [0.1, 0.15) is 5.78 Å². The molecule has 1 aromatic carbocycles. The smallest absolute Gasteiger partial charge is 0.306 e. The molecule has 2 aromatic rings. The summed E-state index contributed by atoms with van der Waals surface area (Å²) < 4.78 is 6.27. The van der Waals surface area contributed by atoms with E-state index >= 15 is 0 Å². The largest absolute Gasteiger partial charge is 0.463 e. The molecule has 0 aliphatic heterocycles. The monoisotopic (exact) mass is 546 g/mol. The van der Waals surface area contributed by atoms with Crippen molar-refractivity contribution in [3.8, 4) is 0 Å². The van der Waals surface area contributed by atoms with Crippen molar-refractivity contribution in [1.29, 1.82) is 0 Å². The molecule has 202 valence electrons. The molecule has 1 aromatic heterocycles. The number of esters is 1. The number of halogens is 1. The van der Waals surface area contributed by atoms with Gasteiger partial charge < -0.3 is 14.9 Å². The number of carbonyl (C=O) groups excluding carboxylic acids is 2. The summed E-state index contributed by atoms with van der Waals surface area (Å²) in [6.07, 6.45) is 9.30. The lowest BCUT2D eigenvalue weighted by atomic mass is 9.86. The Bertz CT molecular complexity index is 1130. The molecule has 1 saturated carbocycles. The number of aryl methyl sites for hydroxylation is 1. The van der Waals surface area contributed by atoms with Crippen molar-refractivity contribution in [2.45, 2.75) is 84.5 Å². The third-order valence-electron chi connectivity index (χ3n) is 7.04. The van der Waals surface area contributed by atoms with Crippen molar-refractivity contribution in [2.24, 2.45) is 17.3 Å². The van der Waals surface area contributed by atoms with Gasteiger partial charge in [-0.05, 0) is 52.0 Å². The number of allylic oxidation sites excluding steroid dienone is 2. The van der Waals surface area contributed by atoms with E-state index in [1.807, 2.05) is 56.3 Å². The van der Waals surface area contributed by atoms with Crippen molar-refractivity contribution in [3.63, 3.8) is 0 Å². The Morgan fingerprint density at radius 2 is 1.97 bits per heavy atom. The molecule has 3 rings (SSSR count). The lowest BCUT2D eigenvalue weighted by Crippen LogP contribution is -2.31. The van der Waals surface area contributed by atoms with Gasteiger partial charge in [0.05, 0.1) is 28.7 Å². The fourth-order valence-corrected chi connectivity index (χ4v) is 6.45. The zero-order valence-corrected chi connectivity index (χ0v) is 23.7. The lowest BCUT2D eigenvalue weighted by Gasteiger charge is -2.22. The molecule has 37 heavy (non-hydrogen) atoms. The summed E-state index contributed by atoms with van der Waals surface area (Å²) in [6.45, 7) is 7.23. The SMILES string of the molecule is CC(C)OC(=O)CCCC=CC[C@H]1C(=O)C(C)(C)[C@@H](O)[C@@H]1/C=C/[C@H](O)CCc1sc2ccccc2c1Cl. The maximum atomic E-state index is 13.1. The summed E-state index contributed by atoms with van der Waals surface area (Å²) in [5.74, 6) is -0.882. The number of unbranched alkanes of at least 4 members (excludes halogenated alkanes) is 1. The van der Waals surface area contributed by atoms with Crippen LogP contribution in [0.5, 0.6) is 0 Å². The van der Waals surface area contributed by atoms with Gasteiger partial charge in [0.2, 0.25) is 0 Å². The molecule has 4 atom stereocenters. The van der Waals surface area contributed by atoms with Crippen molar-refractivity contribution >= 4 is 44.8 Å². The molecule has 5 nitrogen and oxygen atoms in total. The van der Waals surface area contributed by atoms with Crippen LogP contribution in [0.25, 0.3) is 10.1 Å². The fourth-order valence-electron chi connectivity index (χ4n) is 4.91. The number of ketones is 1. The first-order chi connectivity index (χ1) is 17.5. The summed E-state index contributed by atoms with van der Waals surface area (Å²) in [7, 11) is 0. The van der Waals surface area contributed by atoms with E-state index in [0.717, 1.165) is 26.4 Å². The average Bonchev–Trinajstić information content (AvgIpc) is 3.25. The van der Waals surface area contributed by atoms with Crippen LogP contribution in [-0.4, -0.2) is 40.3 Å². The van der Waals surface area contributed by atoms with Crippen molar-refractivity contribution in [1.82, 2.24) is 0 Å². The molecule has 0 saturated heterocycles. The molecule has 7 heteroatoms. The second-order valence-corrected chi connectivity index (χ2v) is 12.2. The fraction of sp³-hybridized carbons (Fsp3) is 0.533. The van der Waals surface area contributed by atoms with Crippen molar-refractivity contribution < 1.29 is 24.5 Å². The van der Waals surface area contributed by atoms with Crippen LogP contribution in [0.4, 0.5) is 0 Å². The molecular formula is C30H39ClO5S. The van der Waals surface area contributed by atoms with Gasteiger partial charge in [0, 0.05) is 33.2 Å². The van der Waals surface area contributed by atoms with Crippen LogP contribution >= 0.6 is 22.9 Å². The molecule has 2 N–H and O–H groups in total. The lowest BCUT2D eigenvalue weighted by molar-refractivity contribution is -0.147. The predicted octanol–water partition coefficient (Wildman–Crippen LogP) is 6.67. The molecule has 0 amide bonds. The Morgan fingerprint density at radius 1 is 1.24 bits per heavy atom. The zero-order chi connectivity index (χ0) is 27.2. The van der Waals surface area contributed by atoms with Gasteiger partial charge in [0.25, 0.3) is 0 Å². The minimum absolute atomic E-state index is 0.0337. The number of carbonyl (C=O) groups is 2. The maximum absolute atomic E-state index is 13.1. The van der Waals surface area contributed by atoms with E-state index in [0.29, 0.717) is 32.1 Å². The highest BCUT2D eigenvalue weighted by Gasteiger charge is 2.52. The van der Waals surface area contributed by atoms with Crippen LogP contribution in [-0.2, 0) is 20.7 Å². The molecular weight excluding hydrogens is 508 g/mol. The molecule has 1 fully saturated rings. The summed E-state index contributed by atoms with van der Waals surface area (Å²) in [5.41, 5.74) is -0.844. The maximum Gasteiger partial charge on any atom is 0.306 e. The van der Waals surface area contributed by atoms with Crippen LogP contribution in [0.3, 0.4) is 0 Å². The molecule has 0 spiro atoms. The van der Waals surface area contributed by atoms with Gasteiger partial charge in [-0.15, -0.1) is 11.3 Å². The predicted molar refractivity (Wildman–Crippen MR) is 151 cm³/mol. The van der Waals surface area contributed by atoms with Crippen LogP contribution in [0.1, 0.15) is 64.7 Å². The zero-order valence-electron chi connectivity index (χ0n) is 22.2. The Morgan fingerprint density at radius 3 is 2.68 bits per heavy atom. The number of hydrogen-bond acceptors (Lipinski definition) is 6. The highest BCUT2D eigenvalue weighted by atomic mass is 35.5. The third-order valence-corrected chi connectivity index (χ3v) is 8.81. The number of aliphatic hydroxyl groups is 2. The highest BCUT2D eigenvalue weighted by molar-refractivity contribution is 7.19. The third kappa shape index (κ3) is 7.53. The summed E-state index contributed by atoms with van der Waals surface area (Å²) >= 11 is 8.18. The number of hydrogen-bond donors (Lipinski definition) is 2. The number of aliphatic hydroxyl groups excluding tert-OH is 2. The van der Waals surface area contributed by atoms with Crippen LogP contribution < -0.4 is 0 Å². The van der Waals surface area contributed by atoms with E-state index in [-0.39, 0.29) is 29.7 Å². The Balaban J connectivity index is 1.55. The summed E-state index contributed by atoms with van der Waals surface area (Å²) in [5, 5.41) is 23.3. The minimum atomic E-state index is -0.844. The molecule has 1 aliphatic rings. The first-order valence-corrected chi connectivity index (χ1v) is 14.3. The number of ether oxygens (including phenoxy) is 1. The van der Waals surface area contributed by atoms with Gasteiger partial charge in [-0.3, -0.25) is 9.59 Å². The molecule has 1 aliphatic carbocycles. The standard InChI is InChI=1S/C30H39ClO5S/c1-19(2)36-26(33)14-8-6-5-7-11-21-22(29(35)30(3,4)28(21)34)17-15-20(32)16-18-25-27(31)23-12-9-10-13-24(23)37-25/h5,7,9-10,12-13,15,17,19-22,29,32,35H,6,8,11,14,16,18H2,1-4H3/b7-5?,17-15+/t20-,21+,22+,29-/m0/s1. The number of thiophene rings is 1. The second-order valence-electron chi connectivity index (χ2n) is 10.7. The van der Waals surface area contributed by atoms with Crippen molar-refractivity contribution in [2.75, 3.05) is 0 Å². The topological polar surface area (TPSA) is 83.8 Å². The van der Waals surface area contributed by atoms with Gasteiger partial charge >= 0.3 is 5.97 Å². The van der Waals surface area contributed by atoms with Crippen LogP contribution in [0.2, 0.25) is 5.02 Å². The van der Waals surface area contributed by atoms with Gasteiger partial charge in [-0.2, -0.15) is 0 Å². The molecule has 1 heterocycles. The van der Waals surface area contributed by atoms with E-state index in [9.17, 15) is 19.8 Å². The van der Waals surface area contributed by atoms with Crippen LogP contribution in [0, 0.1) is 17.3 Å². The Hall–Kier alpha value is -1.99. The van der Waals surface area contributed by atoms with Gasteiger partial charge in [-0.1, -0.05) is 68.0 Å². The average molecular weight is 547 g/mol. The van der Waals surface area contributed by atoms with E-state index in [1.165, 1.54) is 0 Å². The normalized spacial score (nSPS) is 22.6. The van der Waals surface area contributed by atoms with Gasteiger partial charge in [0.15, 0.2) is 0 Å². The van der Waals surface area contributed by atoms with Crippen molar-refractivity contribution in [3.05, 3.63) is 58.5 Å². The molecule has 0 bridgehead atoms. The number of benzene rings is 1. The molecule has 0 radical (unpaired) electrons.